The maximum Gasteiger partial charge on any atom is 0.0234 e. The normalized spacial score (nSPS) is 24.3. The minimum atomic E-state index is 0.896. The average Bonchev–Trinajstić information content (AvgIpc) is 2.53. The van der Waals surface area contributed by atoms with Crippen molar-refractivity contribution in [3.63, 3.8) is 0 Å². The van der Waals surface area contributed by atoms with E-state index in [1.165, 1.54) is 57.5 Å². The summed E-state index contributed by atoms with van der Waals surface area (Å²) in [7, 11) is 0. The first-order valence-corrected chi connectivity index (χ1v) is 8.93. The second-order valence-corrected chi connectivity index (χ2v) is 7.27. The van der Waals surface area contributed by atoms with Gasteiger partial charge in [0.15, 0.2) is 0 Å². The zero-order valence-corrected chi connectivity index (χ0v) is 14.3. The summed E-state index contributed by atoms with van der Waals surface area (Å²) < 4.78 is 1.16. The summed E-state index contributed by atoms with van der Waals surface area (Å²) in [6.45, 7) is 7.27. The van der Waals surface area contributed by atoms with Gasteiger partial charge in [-0.2, -0.15) is 0 Å². The molecule has 2 aliphatic rings. The third kappa shape index (κ3) is 4.67. The van der Waals surface area contributed by atoms with E-state index in [-0.39, 0.29) is 0 Å². The Bertz CT molecular complexity index is 461. The highest BCUT2D eigenvalue weighted by Crippen LogP contribution is 2.20. The highest BCUT2D eigenvalue weighted by molar-refractivity contribution is 9.10. The molecule has 0 radical (unpaired) electrons. The van der Waals surface area contributed by atoms with E-state index >= 15 is 0 Å². The van der Waals surface area contributed by atoms with Crippen molar-refractivity contribution in [1.29, 1.82) is 0 Å². The molecule has 1 aliphatic carbocycles. The van der Waals surface area contributed by atoms with Gasteiger partial charge in [-0.05, 0) is 42.9 Å². The van der Waals surface area contributed by atoms with Gasteiger partial charge in [0.25, 0.3) is 0 Å². The van der Waals surface area contributed by atoms with Crippen LogP contribution in [0.25, 0.3) is 0 Å². The lowest BCUT2D eigenvalue weighted by atomic mass is 9.94. The first-order chi connectivity index (χ1) is 10.3. The molecule has 1 atom stereocenters. The van der Waals surface area contributed by atoms with Crippen LogP contribution in [0.2, 0.25) is 0 Å². The lowest BCUT2D eigenvalue weighted by Crippen LogP contribution is -2.47. The Balaban J connectivity index is 1.42. The monoisotopic (exact) mass is 348 g/mol. The predicted molar refractivity (Wildman–Crippen MR) is 92.3 cm³/mol. The van der Waals surface area contributed by atoms with Crippen LogP contribution in [0, 0.1) is 5.92 Å². The SMILES string of the molecule is Brc1ccc(CN2CCN(C[C@@H]3CC=CCC3)CC2)cc1. The van der Waals surface area contributed by atoms with Gasteiger partial charge in [0.2, 0.25) is 0 Å². The molecule has 2 nitrogen and oxygen atoms in total. The third-order valence-electron chi connectivity index (χ3n) is 4.68. The fourth-order valence-electron chi connectivity index (χ4n) is 3.37. The van der Waals surface area contributed by atoms with Crippen molar-refractivity contribution < 1.29 is 0 Å². The molecule has 3 rings (SSSR count). The highest BCUT2D eigenvalue weighted by atomic mass is 79.9. The number of nitrogens with zero attached hydrogens (tertiary/aromatic N) is 2. The van der Waals surface area contributed by atoms with Crippen LogP contribution in [0.3, 0.4) is 0 Å². The van der Waals surface area contributed by atoms with E-state index in [0.29, 0.717) is 0 Å². The minimum absolute atomic E-state index is 0.896. The first kappa shape index (κ1) is 15.3. The van der Waals surface area contributed by atoms with Crippen LogP contribution >= 0.6 is 15.9 Å². The number of hydrogen-bond donors (Lipinski definition) is 0. The molecule has 0 unspecified atom stereocenters. The molecule has 0 aromatic heterocycles. The van der Waals surface area contributed by atoms with Gasteiger partial charge in [-0.1, -0.05) is 40.2 Å². The maximum absolute atomic E-state index is 3.50. The Morgan fingerprint density at radius 1 is 0.952 bits per heavy atom. The number of hydrogen-bond acceptors (Lipinski definition) is 2. The topological polar surface area (TPSA) is 6.48 Å². The fourth-order valence-corrected chi connectivity index (χ4v) is 3.63. The van der Waals surface area contributed by atoms with E-state index in [4.69, 9.17) is 0 Å². The standard InChI is InChI=1S/C18H25BrN2/c19-18-8-6-17(7-9-18)15-21-12-10-20(11-13-21)14-16-4-2-1-3-5-16/h1-2,6-9,16H,3-5,10-15H2/t16-/m1/s1. The molecule has 1 aliphatic heterocycles. The molecule has 1 aromatic carbocycles. The van der Waals surface area contributed by atoms with Gasteiger partial charge in [-0.3, -0.25) is 4.90 Å². The van der Waals surface area contributed by atoms with Crippen molar-refractivity contribution in [2.24, 2.45) is 5.92 Å². The highest BCUT2D eigenvalue weighted by Gasteiger charge is 2.20. The number of rotatable bonds is 4. The van der Waals surface area contributed by atoms with Gasteiger partial charge in [-0.25, -0.2) is 0 Å². The average molecular weight is 349 g/mol. The second kappa shape index (κ2) is 7.57. The third-order valence-corrected chi connectivity index (χ3v) is 5.21. The molecule has 3 heteroatoms. The lowest BCUT2D eigenvalue weighted by molar-refractivity contribution is 0.111. The molecule has 1 saturated heterocycles. The molecule has 21 heavy (non-hydrogen) atoms. The van der Waals surface area contributed by atoms with Crippen molar-refractivity contribution in [3.05, 3.63) is 46.5 Å². The summed E-state index contributed by atoms with van der Waals surface area (Å²) in [4.78, 5) is 5.25. The second-order valence-electron chi connectivity index (χ2n) is 6.35. The summed E-state index contributed by atoms with van der Waals surface area (Å²) in [5.41, 5.74) is 1.42. The van der Waals surface area contributed by atoms with Crippen LogP contribution in [0.1, 0.15) is 24.8 Å². The zero-order chi connectivity index (χ0) is 14.5. The maximum atomic E-state index is 3.50. The molecule has 1 fully saturated rings. The Labute approximate surface area is 136 Å². The van der Waals surface area contributed by atoms with E-state index in [2.05, 4.69) is 62.1 Å². The summed E-state index contributed by atoms with van der Waals surface area (Å²) in [6.07, 6.45) is 8.67. The molecular formula is C18H25BrN2. The number of allylic oxidation sites excluding steroid dienone is 2. The van der Waals surface area contributed by atoms with E-state index in [1.54, 1.807) is 0 Å². The van der Waals surface area contributed by atoms with Gasteiger partial charge in [-0.15, -0.1) is 0 Å². The predicted octanol–water partition coefficient (Wildman–Crippen LogP) is 3.92. The van der Waals surface area contributed by atoms with Crippen molar-refractivity contribution in [2.75, 3.05) is 32.7 Å². The summed E-state index contributed by atoms with van der Waals surface area (Å²) >= 11 is 3.50. The van der Waals surface area contributed by atoms with E-state index in [1.807, 2.05) is 0 Å². The number of piperazine rings is 1. The Kier molecular flexibility index (Phi) is 5.50. The fraction of sp³-hybridized carbons (Fsp3) is 0.556. The van der Waals surface area contributed by atoms with Crippen molar-refractivity contribution in [2.45, 2.75) is 25.8 Å². The molecular weight excluding hydrogens is 324 g/mol. The molecule has 0 amide bonds. The van der Waals surface area contributed by atoms with Gasteiger partial charge in [0.05, 0.1) is 0 Å². The van der Waals surface area contributed by atoms with Crippen LogP contribution in [0.15, 0.2) is 40.9 Å². The Hall–Kier alpha value is -0.640. The quantitative estimate of drug-likeness (QED) is 0.760. The molecule has 1 heterocycles. The summed E-state index contributed by atoms with van der Waals surface area (Å²) in [6, 6.07) is 8.74. The van der Waals surface area contributed by atoms with Crippen LogP contribution in [0.5, 0.6) is 0 Å². The zero-order valence-electron chi connectivity index (χ0n) is 12.7. The molecule has 1 aromatic rings. The van der Waals surface area contributed by atoms with Gasteiger partial charge < -0.3 is 4.90 Å². The molecule has 0 N–H and O–H groups in total. The van der Waals surface area contributed by atoms with Crippen LogP contribution < -0.4 is 0 Å². The molecule has 0 bridgehead atoms. The van der Waals surface area contributed by atoms with Crippen molar-refractivity contribution in [1.82, 2.24) is 9.80 Å². The van der Waals surface area contributed by atoms with Crippen LogP contribution in [-0.2, 0) is 6.54 Å². The molecule has 0 saturated carbocycles. The summed E-state index contributed by atoms with van der Waals surface area (Å²) in [5.74, 6) is 0.896. The Morgan fingerprint density at radius 3 is 2.33 bits per heavy atom. The lowest BCUT2D eigenvalue weighted by Gasteiger charge is -2.36. The van der Waals surface area contributed by atoms with Gasteiger partial charge in [0, 0.05) is 43.7 Å². The van der Waals surface area contributed by atoms with Gasteiger partial charge >= 0.3 is 0 Å². The van der Waals surface area contributed by atoms with Crippen LogP contribution in [0.4, 0.5) is 0 Å². The number of benzene rings is 1. The molecule has 0 spiro atoms. The summed E-state index contributed by atoms with van der Waals surface area (Å²) in [5, 5.41) is 0. The van der Waals surface area contributed by atoms with E-state index in [0.717, 1.165) is 16.9 Å². The van der Waals surface area contributed by atoms with Crippen molar-refractivity contribution in [3.8, 4) is 0 Å². The first-order valence-electron chi connectivity index (χ1n) is 8.14. The molecule has 114 valence electrons. The van der Waals surface area contributed by atoms with Crippen LogP contribution in [-0.4, -0.2) is 42.5 Å². The number of halogens is 1. The smallest absolute Gasteiger partial charge is 0.0234 e. The largest absolute Gasteiger partial charge is 0.301 e. The van der Waals surface area contributed by atoms with Gasteiger partial charge in [0.1, 0.15) is 0 Å². The van der Waals surface area contributed by atoms with Crippen molar-refractivity contribution >= 4 is 15.9 Å². The Morgan fingerprint density at radius 2 is 1.67 bits per heavy atom. The van der Waals surface area contributed by atoms with E-state index < -0.39 is 0 Å². The minimum Gasteiger partial charge on any atom is -0.301 e. The van der Waals surface area contributed by atoms with E-state index in [9.17, 15) is 0 Å².